The highest BCUT2D eigenvalue weighted by molar-refractivity contribution is 6.30. The second-order valence-electron chi connectivity index (χ2n) is 5.96. The molecule has 6 heteroatoms. The summed E-state index contributed by atoms with van der Waals surface area (Å²) in [5.41, 5.74) is 5.39. The van der Waals surface area contributed by atoms with Gasteiger partial charge in [-0.2, -0.15) is 0 Å². The number of oxime groups is 1. The highest BCUT2D eigenvalue weighted by Crippen LogP contribution is 2.45. The summed E-state index contributed by atoms with van der Waals surface area (Å²) < 4.78 is 16.3. The molecule has 1 heterocycles. The van der Waals surface area contributed by atoms with Crippen LogP contribution >= 0.6 is 0 Å². The SMILES string of the molecule is C#CCON=C1c2cc(OC)c(OC)cc2-c2[nH]c3ccc(OC)cc3c21. The molecule has 0 radical (unpaired) electrons. The molecular formula is C21H18N2O4. The van der Waals surface area contributed by atoms with Gasteiger partial charge in [0.25, 0.3) is 0 Å². The van der Waals surface area contributed by atoms with Crippen LogP contribution in [0.25, 0.3) is 22.2 Å². The van der Waals surface area contributed by atoms with Gasteiger partial charge in [-0.15, -0.1) is 6.42 Å². The number of nitrogens with one attached hydrogen (secondary N) is 1. The molecule has 0 amide bonds. The fraction of sp³-hybridized carbons (Fsp3) is 0.190. The van der Waals surface area contributed by atoms with Crippen LogP contribution in [0.2, 0.25) is 0 Å². The van der Waals surface area contributed by atoms with Gasteiger partial charge >= 0.3 is 0 Å². The van der Waals surface area contributed by atoms with Crippen molar-refractivity contribution >= 4 is 16.6 Å². The van der Waals surface area contributed by atoms with E-state index in [1.165, 1.54) is 0 Å². The number of aromatic amines is 1. The smallest absolute Gasteiger partial charge is 0.177 e. The molecule has 0 atom stereocenters. The molecule has 27 heavy (non-hydrogen) atoms. The molecule has 0 saturated heterocycles. The van der Waals surface area contributed by atoms with Crippen LogP contribution in [0.3, 0.4) is 0 Å². The minimum absolute atomic E-state index is 0.0904. The first-order valence-electron chi connectivity index (χ1n) is 8.32. The van der Waals surface area contributed by atoms with Gasteiger partial charge in [-0.05, 0) is 30.3 Å². The van der Waals surface area contributed by atoms with E-state index in [4.69, 9.17) is 25.5 Å². The highest BCUT2D eigenvalue weighted by Gasteiger charge is 2.32. The Morgan fingerprint density at radius 1 is 1.00 bits per heavy atom. The molecular weight excluding hydrogens is 344 g/mol. The second-order valence-corrected chi connectivity index (χ2v) is 5.96. The first-order chi connectivity index (χ1) is 13.2. The van der Waals surface area contributed by atoms with E-state index in [9.17, 15) is 0 Å². The van der Waals surface area contributed by atoms with Gasteiger partial charge in [-0.1, -0.05) is 11.1 Å². The molecule has 4 rings (SSSR count). The van der Waals surface area contributed by atoms with E-state index < -0.39 is 0 Å². The zero-order valence-electron chi connectivity index (χ0n) is 15.3. The standard InChI is InChI=1S/C21H18N2O4/c1-5-8-27-23-21-14-11-18(26-4)17(25-3)10-13(14)20-19(21)15-9-12(24-2)6-7-16(15)22-20/h1,6-7,9-11,22H,8H2,2-4H3. The third-order valence-corrected chi connectivity index (χ3v) is 4.59. The molecule has 0 fully saturated rings. The molecule has 1 N–H and O–H groups in total. The number of nitrogens with zero attached hydrogens (tertiary/aromatic N) is 1. The number of terminal acetylenes is 1. The zero-order valence-corrected chi connectivity index (χ0v) is 15.3. The number of ether oxygens (including phenoxy) is 3. The predicted molar refractivity (Wildman–Crippen MR) is 104 cm³/mol. The quantitative estimate of drug-likeness (QED) is 0.335. The molecule has 3 aromatic rings. The Morgan fingerprint density at radius 2 is 1.74 bits per heavy atom. The van der Waals surface area contributed by atoms with Crippen molar-refractivity contribution in [3.63, 3.8) is 0 Å². The maximum absolute atomic E-state index is 5.46. The minimum atomic E-state index is 0.0904. The summed E-state index contributed by atoms with van der Waals surface area (Å²) in [6, 6.07) is 9.69. The molecule has 1 aliphatic carbocycles. The largest absolute Gasteiger partial charge is 0.497 e. The topological polar surface area (TPSA) is 65.1 Å². The second kappa shape index (κ2) is 6.61. The third kappa shape index (κ3) is 2.56. The van der Waals surface area contributed by atoms with Gasteiger partial charge in [0.1, 0.15) is 11.5 Å². The van der Waals surface area contributed by atoms with Crippen molar-refractivity contribution < 1.29 is 19.0 Å². The minimum Gasteiger partial charge on any atom is -0.497 e. The summed E-state index contributed by atoms with van der Waals surface area (Å²) >= 11 is 0. The summed E-state index contributed by atoms with van der Waals surface area (Å²) in [4.78, 5) is 8.78. The Bertz CT molecular complexity index is 1110. The van der Waals surface area contributed by atoms with E-state index in [0.717, 1.165) is 39.0 Å². The maximum atomic E-state index is 5.46. The number of hydrogen-bond acceptors (Lipinski definition) is 5. The Hall–Kier alpha value is -3.59. The fourth-order valence-electron chi connectivity index (χ4n) is 3.39. The molecule has 0 spiro atoms. The van der Waals surface area contributed by atoms with Gasteiger partial charge in [0.05, 0.1) is 27.0 Å². The van der Waals surface area contributed by atoms with Crippen LogP contribution < -0.4 is 14.2 Å². The summed E-state index contributed by atoms with van der Waals surface area (Å²) in [7, 11) is 4.86. The first-order valence-corrected chi connectivity index (χ1v) is 8.32. The number of benzene rings is 2. The van der Waals surface area contributed by atoms with Crippen LogP contribution in [-0.2, 0) is 4.84 Å². The van der Waals surface area contributed by atoms with Crippen molar-refractivity contribution in [3.8, 4) is 40.8 Å². The maximum Gasteiger partial charge on any atom is 0.177 e. The Kier molecular flexibility index (Phi) is 4.13. The van der Waals surface area contributed by atoms with E-state index in [1.54, 1.807) is 21.3 Å². The number of hydrogen-bond donors (Lipinski definition) is 1. The Labute approximate surface area is 156 Å². The molecule has 1 aliphatic rings. The predicted octanol–water partition coefficient (Wildman–Crippen LogP) is 3.58. The van der Waals surface area contributed by atoms with Crippen molar-refractivity contribution in [1.29, 1.82) is 0 Å². The van der Waals surface area contributed by atoms with E-state index in [-0.39, 0.29) is 6.61 Å². The lowest BCUT2D eigenvalue weighted by atomic mass is 10.1. The van der Waals surface area contributed by atoms with E-state index in [1.807, 2.05) is 30.3 Å². The van der Waals surface area contributed by atoms with E-state index in [2.05, 4.69) is 16.1 Å². The number of H-pyrrole nitrogens is 1. The number of rotatable bonds is 5. The van der Waals surface area contributed by atoms with Gasteiger partial charge in [0.2, 0.25) is 0 Å². The van der Waals surface area contributed by atoms with Crippen molar-refractivity contribution in [3.05, 3.63) is 41.5 Å². The van der Waals surface area contributed by atoms with Crippen LogP contribution in [0, 0.1) is 12.3 Å². The van der Waals surface area contributed by atoms with Gasteiger partial charge in [0, 0.05) is 27.6 Å². The van der Waals surface area contributed by atoms with Gasteiger partial charge in [0.15, 0.2) is 18.1 Å². The van der Waals surface area contributed by atoms with E-state index >= 15 is 0 Å². The average molecular weight is 362 g/mol. The van der Waals surface area contributed by atoms with Gasteiger partial charge < -0.3 is 24.0 Å². The molecule has 0 unspecified atom stereocenters. The molecule has 0 bridgehead atoms. The summed E-state index contributed by atoms with van der Waals surface area (Å²) in [6.07, 6.45) is 5.29. The van der Waals surface area contributed by atoms with Crippen molar-refractivity contribution in [2.45, 2.75) is 0 Å². The summed E-state index contributed by atoms with van der Waals surface area (Å²) in [5, 5.41) is 5.31. The number of fused-ring (bicyclic) bond motifs is 5. The third-order valence-electron chi connectivity index (χ3n) is 4.59. The van der Waals surface area contributed by atoms with Crippen LogP contribution in [0.1, 0.15) is 11.1 Å². The lowest BCUT2D eigenvalue weighted by Gasteiger charge is -2.11. The van der Waals surface area contributed by atoms with Crippen molar-refractivity contribution in [1.82, 2.24) is 4.98 Å². The van der Waals surface area contributed by atoms with Crippen LogP contribution in [-0.4, -0.2) is 38.6 Å². The van der Waals surface area contributed by atoms with Crippen molar-refractivity contribution in [2.24, 2.45) is 5.16 Å². The molecule has 0 aliphatic heterocycles. The van der Waals surface area contributed by atoms with E-state index in [0.29, 0.717) is 17.2 Å². The monoisotopic (exact) mass is 362 g/mol. The first kappa shape index (κ1) is 16.9. The summed E-state index contributed by atoms with van der Waals surface area (Å²) in [5.74, 6) is 4.45. The lowest BCUT2D eigenvalue weighted by molar-refractivity contribution is 0.180. The highest BCUT2D eigenvalue weighted by atomic mass is 16.6. The fourth-order valence-corrected chi connectivity index (χ4v) is 3.39. The average Bonchev–Trinajstić information content (AvgIpc) is 3.21. The normalized spacial score (nSPS) is 13.2. The molecule has 136 valence electrons. The molecule has 0 saturated carbocycles. The zero-order chi connectivity index (χ0) is 19.0. The number of methoxy groups -OCH3 is 3. The molecule has 2 aromatic carbocycles. The lowest BCUT2D eigenvalue weighted by Crippen LogP contribution is -2.02. The van der Waals surface area contributed by atoms with Gasteiger partial charge in [-0.25, -0.2) is 0 Å². The molecule has 1 aromatic heterocycles. The summed E-state index contributed by atoms with van der Waals surface area (Å²) in [6.45, 7) is 0.0904. The van der Waals surface area contributed by atoms with Crippen LogP contribution in [0.15, 0.2) is 35.5 Å². The van der Waals surface area contributed by atoms with Crippen LogP contribution in [0.5, 0.6) is 17.2 Å². The van der Waals surface area contributed by atoms with Gasteiger partial charge in [-0.3, -0.25) is 0 Å². The van der Waals surface area contributed by atoms with Crippen LogP contribution in [0.4, 0.5) is 0 Å². The molecule has 6 nitrogen and oxygen atoms in total. The Balaban J connectivity index is 2.00. The number of aromatic nitrogens is 1. The van der Waals surface area contributed by atoms with Crippen molar-refractivity contribution in [2.75, 3.05) is 27.9 Å². The Morgan fingerprint density at radius 3 is 2.41 bits per heavy atom.